The molecule has 0 atom stereocenters. The number of fused-ring (bicyclic) bond motifs is 1. The van der Waals surface area contributed by atoms with Gasteiger partial charge < -0.3 is 10.4 Å². The number of thiazole rings is 1. The summed E-state index contributed by atoms with van der Waals surface area (Å²) in [5, 5.41) is 18.7. The van der Waals surface area contributed by atoms with Crippen LogP contribution in [0.15, 0.2) is 24.0 Å². The molecule has 0 aliphatic heterocycles. The van der Waals surface area contributed by atoms with Gasteiger partial charge in [0.1, 0.15) is 0 Å². The number of nitrogens with one attached hydrogen (secondary N) is 1. The monoisotopic (exact) mass is 297 g/mol. The second-order valence-electron chi connectivity index (χ2n) is 3.97. The van der Waals surface area contributed by atoms with Crippen molar-refractivity contribution in [1.82, 2.24) is 19.2 Å². The standard InChI is InChI=1S/C11H12ClN5OS/c12-10-9(17-2-4-19-11(17)15-10)6-13-8-5-14-16(7-8)1-3-18/h2,4-5,7,13,18H,1,3,6H2. The molecular formula is C11H12ClN5OS. The largest absolute Gasteiger partial charge is 0.394 e. The lowest BCUT2D eigenvalue weighted by Gasteiger charge is -2.02. The molecule has 2 N–H and O–H groups in total. The average Bonchev–Trinajstić information content (AvgIpc) is 3.05. The number of anilines is 1. The van der Waals surface area contributed by atoms with Crippen LogP contribution in [-0.2, 0) is 13.1 Å². The molecule has 0 aromatic carbocycles. The first kappa shape index (κ1) is 12.5. The van der Waals surface area contributed by atoms with Gasteiger partial charge in [-0.3, -0.25) is 9.08 Å². The van der Waals surface area contributed by atoms with Crippen LogP contribution in [0.1, 0.15) is 5.69 Å². The smallest absolute Gasteiger partial charge is 0.195 e. The van der Waals surface area contributed by atoms with Gasteiger partial charge in [-0.15, -0.1) is 11.3 Å². The number of imidazole rings is 1. The van der Waals surface area contributed by atoms with Crippen LogP contribution in [0.5, 0.6) is 0 Å². The van der Waals surface area contributed by atoms with Crippen molar-refractivity contribution in [2.45, 2.75) is 13.1 Å². The van der Waals surface area contributed by atoms with Crippen molar-refractivity contribution < 1.29 is 5.11 Å². The van der Waals surface area contributed by atoms with Gasteiger partial charge in [0, 0.05) is 17.8 Å². The van der Waals surface area contributed by atoms with E-state index in [2.05, 4.69) is 15.4 Å². The van der Waals surface area contributed by atoms with Crippen molar-refractivity contribution >= 4 is 33.6 Å². The summed E-state index contributed by atoms with van der Waals surface area (Å²) in [6.07, 6.45) is 5.51. The molecule has 6 nitrogen and oxygen atoms in total. The summed E-state index contributed by atoms with van der Waals surface area (Å²) in [7, 11) is 0. The highest BCUT2D eigenvalue weighted by atomic mass is 35.5. The van der Waals surface area contributed by atoms with Crippen LogP contribution in [0.3, 0.4) is 0 Å². The third-order valence-corrected chi connectivity index (χ3v) is 3.79. The number of hydrogen-bond donors (Lipinski definition) is 2. The molecule has 0 spiro atoms. The van der Waals surface area contributed by atoms with E-state index in [0.717, 1.165) is 16.3 Å². The maximum absolute atomic E-state index is 8.83. The first-order valence-electron chi connectivity index (χ1n) is 5.75. The number of nitrogens with zero attached hydrogens (tertiary/aromatic N) is 4. The molecular weight excluding hydrogens is 286 g/mol. The Morgan fingerprint density at radius 3 is 3.21 bits per heavy atom. The quantitative estimate of drug-likeness (QED) is 0.754. The second-order valence-corrected chi connectivity index (χ2v) is 5.21. The van der Waals surface area contributed by atoms with Gasteiger partial charge in [0.25, 0.3) is 0 Å². The van der Waals surface area contributed by atoms with Crippen LogP contribution in [0, 0.1) is 0 Å². The van der Waals surface area contributed by atoms with Gasteiger partial charge in [-0.2, -0.15) is 5.10 Å². The zero-order chi connectivity index (χ0) is 13.2. The summed E-state index contributed by atoms with van der Waals surface area (Å²) in [5.74, 6) is 0. The molecule has 3 heterocycles. The fourth-order valence-corrected chi connectivity index (χ4v) is 2.85. The van der Waals surface area contributed by atoms with Crippen LogP contribution < -0.4 is 5.32 Å². The van der Waals surface area contributed by atoms with E-state index < -0.39 is 0 Å². The van der Waals surface area contributed by atoms with E-state index in [4.69, 9.17) is 16.7 Å². The minimum atomic E-state index is 0.0745. The molecule has 0 aliphatic carbocycles. The number of halogens is 1. The molecule has 0 unspecified atom stereocenters. The third-order valence-electron chi connectivity index (χ3n) is 2.73. The molecule has 8 heteroatoms. The lowest BCUT2D eigenvalue weighted by atomic mass is 10.4. The van der Waals surface area contributed by atoms with Gasteiger partial charge in [-0.1, -0.05) is 11.6 Å². The summed E-state index contributed by atoms with van der Waals surface area (Å²) in [6.45, 7) is 1.14. The van der Waals surface area contributed by atoms with Crippen molar-refractivity contribution in [3.8, 4) is 0 Å². The van der Waals surface area contributed by atoms with Gasteiger partial charge in [-0.05, 0) is 0 Å². The summed E-state index contributed by atoms with van der Waals surface area (Å²) in [4.78, 5) is 5.16. The van der Waals surface area contributed by atoms with Crippen molar-refractivity contribution in [1.29, 1.82) is 0 Å². The molecule has 3 aromatic rings. The number of aliphatic hydroxyl groups is 1. The van der Waals surface area contributed by atoms with E-state index in [-0.39, 0.29) is 6.61 Å². The maximum Gasteiger partial charge on any atom is 0.195 e. The van der Waals surface area contributed by atoms with E-state index in [1.807, 2.05) is 22.2 Å². The van der Waals surface area contributed by atoms with Crippen molar-refractivity contribution in [2.75, 3.05) is 11.9 Å². The molecule has 19 heavy (non-hydrogen) atoms. The van der Waals surface area contributed by atoms with E-state index >= 15 is 0 Å². The Morgan fingerprint density at radius 1 is 1.47 bits per heavy atom. The summed E-state index contributed by atoms with van der Waals surface area (Å²) in [5.41, 5.74) is 1.81. The second kappa shape index (κ2) is 5.20. The highest BCUT2D eigenvalue weighted by Gasteiger charge is 2.11. The minimum absolute atomic E-state index is 0.0745. The van der Waals surface area contributed by atoms with Gasteiger partial charge in [0.15, 0.2) is 10.1 Å². The molecule has 0 saturated heterocycles. The number of rotatable bonds is 5. The van der Waals surface area contributed by atoms with Crippen molar-refractivity contribution in [3.63, 3.8) is 0 Å². The average molecular weight is 298 g/mol. The summed E-state index contributed by atoms with van der Waals surface area (Å²) in [6, 6.07) is 0. The number of hydrogen-bond acceptors (Lipinski definition) is 5. The Balaban J connectivity index is 1.74. The minimum Gasteiger partial charge on any atom is -0.394 e. The van der Waals surface area contributed by atoms with E-state index in [1.54, 1.807) is 22.2 Å². The van der Waals surface area contributed by atoms with Gasteiger partial charge in [-0.25, -0.2) is 4.98 Å². The Kier molecular flexibility index (Phi) is 3.41. The van der Waals surface area contributed by atoms with Crippen LogP contribution >= 0.6 is 22.9 Å². The van der Waals surface area contributed by atoms with E-state index in [0.29, 0.717) is 18.2 Å². The van der Waals surface area contributed by atoms with Crippen molar-refractivity contribution in [2.24, 2.45) is 0 Å². The van der Waals surface area contributed by atoms with Crippen LogP contribution in [0.4, 0.5) is 5.69 Å². The van der Waals surface area contributed by atoms with E-state index in [1.165, 1.54) is 0 Å². The highest BCUT2D eigenvalue weighted by molar-refractivity contribution is 7.15. The fourth-order valence-electron chi connectivity index (χ4n) is 1.83. The number of aliphatic hydroxyl groups excluding tert-OH is 1. The SMILES string of the molecule is OCCn1cc(NCc2c(Cl)nc3sccn23)cn1. The Labute approximate surface area is 118 Å². The maximum atomic E-state index is 8.83. The summed E-state index contributed by atoms with van der Waals surface area (Å²) >= 11 is 7.66. The van der Waals surface area contributed by atoms with Gasteiger partial charge >= 0.3 is 0 Å². The Bertz CT molecular complexity index is 688. The molecule has 0 amide bonds. The lowest BCUT2D eigenvalue weighted by molar-refractivity contribution is 0.269. The molecule has 0 radical (unpaired) electrons. The zero-order valence-corrected chi connectivity index (χ0v) is 11.5. The molecule has 0 fully saturated rings. The fraction of sp³-hybridized carbons (Fsp3) is 0.273. The van der Waals surface area contributed by atoms with Crippen LogP contribution in [0.2, 0.25) is 5.15 Å². The topological polar surface area (TPSA) is 67.4 Å². The lowest BCUT2D eigenvalue weighted by Crippen LogP contribution is -2.03. The molecule has 0 saturated carbocycles. The zero-order valence-electron chi connectivity index (χ0n) is 9.95. The Morgan fingerprint density at radius 2 is 2.37 bits per heavy atom. The van der Waals surface area contributed by atoms with Crippen LogP contribution in [-0.4, -0.2) is 30.9 Å². The van der Waals surface area contributed by atoms with Gasteiger partial charge in [0.2, 0.25) is 0 Å². The number of aromatic nitrogens is 4. The predicted molar refractivity (Wildman–Crippen MR) is 74.7 cm³/mol. The normalized spacial score (nSPS) is 11.3. The molecule has 100 valence electrons. The molecule has 3 rings (SSSR count). The predicted octanol–water partition coefficient (Wildman–Crippen LogP) is 1.85. The third kappa shape index (κ3) is 2.44. The van der Waals surface area contributed by atoms with E-state index in [9.17, 15) is 0 Å². The van der Waals surface area contributed by atoms with Crippen LogP contribution in [0.25, 0.3) is 4.96 Å². The first-order chi connectivity index (χ1) is 9.28. The first-order valence-corrected chi connectivity index (χ1v) is 7.01. The summed E-state index contributed by atoms with van der Waals surface area (Å²) < 4.78 is 3.65. The Hall–Kier alpha value is -1.57. The molecule has 0 bridgehead atoms. The molecule has 3 aromatic heterocycles. The highest BCUT2D eigenvalue weighted by Crippen LogP contribution is 2.22. The molecule has 0 aliphatic rings. The van der Waals surface area contributed by atoms with Crippen molar-refractivity contribution in [3.05, 3.63) is 34.8 Å². The van der Waals surface area contributed by atoms with Gasteiger partial charge in [0.05, 0.1) is 37.3 Å².